The van der Waals surface area contributed by atoms with Crippen molar-refractivity contribution in [3.05, 3.63) is 35.9 Å². The maximum Gasteiger partial charge on any atom is 0.191 e. The van der Waals surface area contributed by atoms with E-state index in [1.54, 1.807) is 7.11 Å². The molecule has 0 fully saturated rings. The monoisotopic (exact) mass is 542 g/mol. The summed E-state index contributed by atoms with van der Waals surface area (Å²) >= 11 is 0. The Labute approximate surface area is 202 Å². The highest BCUT2D eigenvalue weighted by Gasteiger charge is 2.14. The van der Waals surface area contributed by atoms with Crippen LogP contribution in [0.4, 0.5) is 0 Å². The van der Waals surface area contributed by atoms with Gasteiger partial charge in [-0.3, -0.25) is 0 Å². The van der Waals surface area contributed by atoms with E-state index in [0.717, 1.165) is 61.6 Å². The quantitative estimate of drug-likeness (QED) is 0.288. The minimum atomic E-state index is -0.0796. The number of ether oxygens (including phenoxy) is 2. The number of hydrogen-bond acceptors (Lipinski definition) is 5. The molecule has 0 radical (unpaired) electrons. The second-order valence-corrected chi connectivity index (χ2v) is 7.47. The molecule has 31 heavy (non-hydrogen) atoms. The average molecular weight is 542 g/mol. The van der Waals surface area contributed by atoms with Crippen molar-refractivity contribution in [3.8, 4) is 11.5 Å². The molecule has 1 aliphatic heterocycles. The molecule has 0 saturated carbocycles. The van der Waals surface area contributed by atoms with E-state index in [-0.39, 0.29) is 30.1 Å². The molecule has 1 aliphatic rings. The third-order valence-electron chi connectivity index (χ3n) is 5.08. The second-order valence-electron chi connectivity index (χ2n) is 7.47. The number of halogens is 1. The lowest BCUT2D eigenvalue weighted by molar-refractivity contribution is 0.219. The van der Waals surface area contributed by atoms with Crippen molar-refractivity contribution in [2.24, 2.45) is 4.99 Å². The molecular formula is C22H35IN6O2. The SMILES string of the molecule is CCNC(=NCC(C)Oc1ccccc1OC)NCCc1nnc2n1CCCCC2.I. The topological polar surface area (TPSA) is 85.6 Å². The Bertz CT molecular complexity index is 826. The highest BCUT2D eigenvalue weighted by Crippen LogP contribution is 2.26. The summed E-state index contributed by atoms with van der Waals surface area (Å²) in [7, 11) is 1.65. The number of guanidine groups is 1. The van der Waals surface area contributed by atoms with E-state index < -0.39 is 0 Å². The fourth-order valence-electron chi connectivity index (χ4n) is 3.55. The summed E-state index contributed by atoms with van der Waals surface area (Å²) in [6.45, 7) is 7.19. The zero-order chi connectivity index (χ0) is 21.2. The van der Waals surface area contributed by atoms with Crippen LogP contribution in [0, 0.1) is 0 Å². The number of benzene rings is 1. The second kappa shape index (κ2) is 13.4. The summed E-state index contributed by atoms with van der Waals surface area (Å²) in [5.41, 5.74) is 0. The molecule has 0 bridgehead atoms. The Balaban J connectivity index is 0.00000341. The predicted molar refractivity (Wildman–Crippen MR) is 134 cm³/mol. The molecule has 2 heterocycles. The van der Waals surface area contributed by atoms with Crippen molar-refractivity contribution in [2.75, 3.05) is 26.7 Å². The van der Waals surface area contributed by atoms with Gasteiger partial charge in [0.2, 0.25) is 0 Å². The molecule has 0 spiro atoms. The van der Waals surface area contributed by atoms with Crippen LogP contribution in [0.15, 0.2) is 29.3 Å². The first kappa shape index (κ1) is 25.2. The van der Waals surface area contributed by atoms with Crippen molar-refractivity contribution in [1.29, 1.82) is 0 Å². The summed E-state index contributed by atoms with van der Waals surface area (Å²) < 4.78 is 13.6. The van der Waals surface area contributed by atoms with Gasteiger partial charge in [0.05, 0.1) is 13.7 Å². The molecule has 172 valence electrons. The lowest BCUT2D eigenvalue weighted by Gasteiger charge is -2.16. The van der Waals surface area contributed by atoms with Crippen LogP contribution in [0.1, 0.15) is 44.8 Å². The fraction of sp³-hybridized carbons (Fsp3) is 0.591. The Morgan fingerprint density at radius 1 is 1.16 bits per heavy atom. The minimum Gasteiger partial charge on any atom is -0.493 e. The Morgan fingerprint density at radius 3 is 2.74 bits per heavy atom. The van der Waals surface area contributed by atoms with Gasteiger partial charge in [0, 0.05) is 32.5 Å². The van der Waals surface area contributed by atoms with Gasteiger partial charge in [0.15, 0.2) is 17.5 Å². The highest BCUT2D eigenvalue weighted by atomic mass is 127. The molecule has 0 amide bonds. The molecule has 1 atom stereocenters. The lowest BCUT2D eigenvalue weighted by atomic mass is 10.2. The molecule has 1 aromatic carbocycles. The van der Waals surface area contributed by atoms with Crippen LogP contribution in [-0.4, -0.2) is 53.6 Å². The van der Waals surface area contributed by atoms with E-state index in [2.05, 4.69) is 37.3 Å². The number of aliphatic imine (C=N–C) groups is 1. The summed E-state index contributed by atoms with van der Waals surface area (Å²) in [5.74, 6) is 4.43. The first-order valence-electron chi connectivity index (χ1n) is 10.9. The van der Waals surface area contributed by atoms with E-state index in [1.165, 1.54) is 19.3 Å². The third kappa shape index (κ3) is 7.55. The van der Waals surface area contributed by atoms with Gasteiger partial charge in [-0.2, -0.15) is 0 Å². The average Bonchev–Trinajstić information content (AvgIpc) is 2.98. The molecule has 2 aromatic rings. The van der Waals surface area contributed by atoms with Crippen molar-refractivity contribution >= 4 is 29.9 Å². The van der Waals surface area contributed by atoms with Crippen molar-refractivity contribution < 1.29 is 9.47 Å². The number of nitrogens with zero attached hydrogens (tertiary/aromatic N) is 4. The number of para-hydroxylation sites is 2. The maximum absolute atomic E-state index is 5.99. The van der Waals surface area contributed by atoms with Crippen molar-refractivity contribution in [2.45, 2.75) is 58.6 Å². The third-order valence-corrected chi connectivity index (χ3v) is 5.08. The van der Waals surface area contributed by atoms with Gasteiger partial charge in [0.1, 0.15) is 17.8 Å². The lowest BCUT2D eigenvalue weighted by Crippen LogP contribution is -2.39. The first-order chi connectivity index (χ1) is 14.7. The number of rotatable bonds is 9. The summed E-state index contributed by atoms with van der Waals surface area (Å²) in [5, 5.41) is 15.5. The number of aromatic nitrogens is 3. The van der Waals surface area contributed by atoms with E-state index in [4.69, 9.17) is 9.47 Å². The number of nitrogens with one attached hydrogen (secondary N) is 2. The maximum atomic E-state index is 5.99. The van der Waals surface area contributed by atoms with Crippen LogP contribution in [0.2, 0.25) is 0 Å². The first-order valence-corrected chi connectivity index (χ1v) is 10.9. The Kier molecular flexibility index (Phi) is 10.9. The van der Waals surface area contributed by atoms with Crippen LogP contribution in [0.25, 0.3) is 0 Å². The zero-order valence-electron chi connectivity index (χ0n) is 18.8. The van der Waals surface area contributed by atoms with Gasteiger partial charge in [-0.1, -0.05) is 18.6 Å². The normalized spacial score (nSPS) is 14.6. The van der Waals surface area contributed by atoms with Crippen LogP contribution >= 0.6 is 24.0 Å². The predicted octanol–water partition coefficient (Wildman–Crippen LogP) is 3.20. The van der Waals surface area contributed by atoms with Gasteiger partial charge in [0.25, 0.3) is 0 Å². The molecule has 1 aromatic heterocycles. The molecule has 9 heteroatoms. The van der Waals surface area contributed by atoms with E-state index in [0.29, 0.717) is 6.54 Å². The van der Waals surface area contributed by atoms with E-state index >= 15 is 0 Å². The van der Waals surface area contributed by atoms with Crippen molar-refractivity contribution in [3.63, 3.8) is 0 Å². The largest absolute Gasteiger partial charge is 0.493 e. The Hall–Kier alpha value is -2.04. The molecular weight excluding hydrogens is 507 g/mol. The number of fused-ring (bicyclic) bond motifs is 1. The van der Waals surface area contributed by atoms with Crippen LogP contribution in [-0.2, 0) is 19.4 Å². The molecule has 2 N–H and O–H groups in total. The standard InChI is InChI=1S/C22H34N6O2.HI/c1-4-23-22(25-16-17(2)30-19-11-8-7-10-18(19)29-3)24-14-13-21-27-26-20-12-6-5-9-15-28(20)21;/h7-8,10-11,17H,4-6,9,12-16H2,1-3H3,(H2,23,24,25);1H. The fourth-order valence-corrected chi connectivity index (χ4v) is 3.55. The number of aryl methyl sites for hydroxylation is 1. The molecule has 3 rings (SSSR count). The summed E-state index contributed by atoms with van der Waals surface area (Å²) in [6, 6.07) is 7.66. The zero-order valence-corrected chi connectivity index (χ0v) is 21.1. The van der Waals surface area contributed by atoms with Crippen molar-refractivity contribution in [1.82, 2.24) is 25.4 Å². The van der Waals surface area contributed by atoms with Gasteiger partial charge < -0.3 is 24.7 Å². The smallest absolute Gasteiger partial charge is 0.191 e. The molecule has 0 aliphatic carbocycles. The molecule has 1 unspecified atom stereocenters. The minimum absolute atomic E-state index is 0. The number of hydrogen-bond donors (Lipinski definition) is 2. The molecule has 8 nitrogen and oxygen atoms in total. The van der Waals surface area contributed by atoms with Crippen LogP contribution < -0.4 is 20.1 Å². The van der Waals surface area contributed by atoms with Gasteiger partial charge in [-0.25, -0.2) is 4.99 Å². The van der Waals surface area contributed by atoms with Gasteiger partial charge in [-0.15, -0.1) is 34.2 Å². The highest BCUT2D eigenvalue weighted by molar-refractivity contribution is 14.0. The van der Waals surface area contributed by atoms with Crippen LogP contribution in [0.3, 0.4) is 0 Å². The van der Waals surface area contributed by atoms with Gasteiger partial charge in [-0.05, 0) is 38.8 Å². The van der Waals surface area contributed by atoms with Gasteiger partial charge >= 0.3 is 0 Å². The van der Waals surface area contributed by atoms with E-state index in [1.807, 2.05) is 31.2 Å². The number of methoxy groups -OCH3 is 1. The summed E-state index contributed by atoms with van der Waals surface area (Å²) in [6.07, 6.45) is 5.47. The Morgan fingerprint density at radius 2 is 1.97 bits per heavy atom. The summed E-state index contributed by atoms with van der Waals surface area (Å²) in [4.78, 5) is 4.67. The van der Waals surface area contributed by atoms with Crippen LogP contribution in [0.5, 0.6) is 11.5 Å². The molecule has 0 saturated heterocycles. The van der Waals surface area contributed by atoms with E-state index in [9.17, 15) is 0 Å².